The summed E-state index contributed by atoms with van der Waals surface area (Å²) in [4.78, 5) is 0. The van der Waals surface area contributed by atoms with Crippen molar-refractivity contribution in [3.05, 3.63) is 35.4 Å². The van der Waals surface area contributed by atoms with Gasteiger partial charge in [0.25, 0.3) is 0 Å². The third-order valence-electron chi connectivity index (χ3n) is 3.21. The minimum Gasteiger partial charge on any atom is -0.370 e. The molecule has 0 radical (unpaired) electrons. The zero-order chi connectivity index (χ0) is 11.4. The fourth-order valence-corrected chi connectivity index (χ4v) is 2.31. The lowest BCUT2D eigenvalue weighted by Crippen LogP contribution is -2.30. The molecule has 0 aromatic heterocycles. The molecule has 1 aliphatic rings. The van der Waals surface area contributed by atoms with E-state index in [0.717, 1.165) is 26.1 Å². The maximum Gasteiger partial charge on any atom is 0.0878 e. The van der Waals surface area contributed by atoms with Crippen molar-refractivity contribution in [2.45, 2.75) is 32.3 Å². The van der Waals surface area contributed by atoms with Crippen molar-refractivity contribution >= 4 is 0 Å². The van der Waals surface area contributed by atoms with E-state index in [1.54, 1.807) is 0 Å². The SMILES string of the molecule is CC1(C)OCCNCCCc2ccccc21. The summed E-state index contributed by atoms with van der Waals surface area (Å²) in [5.41, 5.74) is 2.60. The Bertz CT molecular complexity index is 346. The molecule has 0 amide bonds. The first-order valence-corrected chi connectivity index (χ1v) is 6.13. The van der Waals surface area contributed by atoms with Crippen molar-refractivity contribution in [1.29, 1.82) is 0 Å². The molecule has 1 N–H and O–H groups in total. The second kappa shape index (κ2) is 4.98. The molecule has 1 heterocycles. The summed E-state index contributed by atoms with van der Waals surface area (Å²) >= 11 is 0. The first kappa shape index (κ1) is 11.6. The van der Waals surface area contributed by atoms with Crippen molar-refractivity contribution in [2.24, 2.45) is 0 Å². The molecule has 2 nitrogen and oxygen atoms in total. The summed E-state index contributed by atoms with van der Waals surface area (Å²) in [6.45, 7) is 7.13. The van der Waals surface area contributed by atoms with E-state index >= 15 is 0 Å². The Kier molecular flexibility index (Phi) is 3.62. The minimum absolute atomic E-state index is 0.171. The number of hydrogen-bond donors (Lipinski definition) is 1. The van der Waals surface area contributed by atoms with Gasteiger partial charge in [-0.25, -0.2) is 0 Å². The third-order valence-corrected chi connectivity index (χ3v) is 3.21. The van der Waals surface area contributed by atoms with Crippen LogP contribution in [0.5, 0.6) is 0 Å². The number of nitrogens with one attached hydrogen (secondary N) is 1. The zero-order valence-electron chi connectivity index (χ0n) is 10.3. The van der Waals surface area contributed by atoms with Crippen LogP contribution in [0.3, 0.4) is 0 Å². The molecule has 0 spiro atoms. The summed E-state index contributed by atoms with van der Waals surface area (Å²) in [5.74, 6) is 0. The number of hydrogen-bond acceptors (Lipinski definition) is 2. The molecule has 0 unspecified atom stereocenters. The lowest BCUT2D eigenvalue weighted by Gasteiger charge is -2.29. The molecular formula is C14H21NO. The van der Waals surface area contributed by atoms with Crippen LogP contribution in [0.25, 0.3) is 0 Å². The van der Waals surface area contributed by atoms with Crippen LogP contribution in [-0.4, -0.2) is 19.7 Å². The van der Waals surface area contributed by atoms with Crippen LogP contribution in [0, 0.1) is 0 Å². The monoisotopic (exact) mass is 219 g/mol. The Labute approximate surface area is 98.0 Å². The normalized spacial score (nSPS) is 21.1. The van der Waals surface area contributed by atoms with Crippen LogP contribution >= 0.6 is 0 Å². The van der Waals surface area contributed by atoms with Gasteiger partial charge in [0.1, 0.15) is 0 Å². The fourth-order valence-electron chi connectivity index (χ4n) is 2.31. The van der Waals surface area contributed by atoms with Gasteiger partial charge in [0.05, 0.1) is 12.2 Å². The first-order valence-electron chi connectivity index (χ1n) is 6.13. The van der Waals surface area contributed by atoms with Gasteiger partial charge in [-0.2, -0.15) is 0 Å². The Hall–Kier alpha value is -0.860. The number of ether oxygens (including phenoxy) is 1. The van der Waals surface area contributed by atoms with E-state index < -0.39 is 0 Å². The van der Waals surface area contributed by atoms with E-state index in [4.69, 9.17) is 4.74 Å². The Balaban J connectivity index is 2.30. The summed E-state index contributed by atoms with van der Waals surface area (Å²) in [7, 11) is 0. The van der Waals surface area contributed by atoms with Crippen LogP contribution in [0.4, 0.5) is 0 Å². The quantitative estimate of drug-likeness (QED) is 0.724. The average Bonchev–Trinajstić information content (AvgIpc) is 2.28. The highest BCUT2D eigenvalue weighted by Gasteiger charge is 2.24. The van der Waals surface area contributed by atoms with Gasteiger partial charge >= 0.3 is 0 Å². The van der Waals surface area contributed by atoms with E-state index in [0.29, 0.717) is 0 Å². The van der Waals surface area contributed by atoms with Crippen LogP contribution in [0.2, 0.25) is 0 Å². The fraction of sp³-hybridized carbons (Fsp3) is 0.571. The van der Waals surface area contributed by atoms with Crippen LogP contribution in [0.1, 0.15) is 31.4 Å². The lowest BCUT2D eigenvalue weighted by molar-refractivity contribution is -0.0208. The van der Waals surface area contributed by atoms with Crippen molar-refractivity contribution < 1.29 is 4.74 Å². The molecule has 0 bridgehead atoms. The maximum atomic E-state index is 5.97. The van der Waals surface area contributed by atoms with Crippen LogP contribution in [-0.2, 0) is 16.8 Å². The van der Waals surface area contributed by atoms with E-state index in [1.165, 1.54) is 17.5 Å². The summed E-state index contributed by atoms with van der Waals surface area (Å²) in [5, 5.41) is 3.40. The topological polar surface area (TPSA) is 21.3 Å². The van der Waals surface area contributed by atoms with Gasteiger partial charge < -0.3 is 10.1 Å². The summed E-state index contributed by atoms with van der Waals surface area (Å²) in [6.07, 6.45) is 2.34. The standard InChI is InChI=1S/C14H21NO/c1-14(2)13-8-4-3-6-12(13)7-5-9-15-10-11-16-14/h3-4,6,8,15H,5,7,9-11H2,1-2H3. The van der Waals surface area contributed by atoms with Crippen molar-refractivity contribution in [3.8, 4) is 0 Å². The molecule has 1 aliphatic heterocycles. The molecule has 16 heavy (non-hydrogen) atoms. The smallest absolute Gasteiger partial charge is 0.0878 e. The molecule has 2 heteroatoms. The van der Waals surface area contributed by atoms with Crippen molar-refractivity contribution in [2.75, 3.05) is 19.7 Å². The molecule has 1 aromatic rings. The van der Waals surface area contributed by atoms with E-state index in [9.17, 15) is 0 Å². The van der Waals surface area contributed by atoms with Crippen molar-refractivity contribution in [1.82, 2.24) is 5.32 Å². The Morgan fingerprint density at radius 1 is 1.19 bits per heavy atom. The highest BCUT2D eigenvalue weighted by Crippen LogP contribution is 2.28. The molecule has 0 saturated heterocycles. The average molecular weight is 219 g/mol. The zero-order valence-corrected chi connectivity index (χ0v) is 10.3. The Morgan fingerprint density at radius 2 is 2.00 bits per heavy atom. The van der Waals surface area contributed by atoms with E-state index in [1.807, 2.05) is 0 Å². The molecule has 0 saturated carbocycles. The second-order valence-corrected chi connectivity index (χ2v) is 4.87. The molecule has 2 rings (SSSR count). The van der Waals surface area contributed by atoms with Crippen LogP contribution in [0.15, 0.2) is 24.3 Å². The first-order chi connectivity index (χ1) is 7.70. The molecule has 0 aliphatic carbocycles. The van der Waals surface area contributed by atoms with Crippen molar-refractivity contribution in [3.63, 3.8) is 0 Å². The highest BCUT2D eigenvalue weighted by atomic mass is 16.5. The van der Waals surface area contributed by atoms with Gasteiger partial charge in [0.15, 0.2) is 0 Å². The number of rotatable bonds is 0. The molecule has 0 fully saturated rings. The number of fused-ring (bicyclic) bond motifs is 1. The lowest BCUT2D eigenvalue weighted by atomic mass is 9.90. The van der Waals surface area contributed by atoms with Gasteiger partial charge in [0.2, 0.25) is 0 Å². The van der Waals surface area contributed by atoms with E-state index in [-0.39, 0.29) is 5.60 Å². The molecule has 0 atom stereocenters. The molecule has 88 valence electrons. The highest BCUT2D eigenvalue weighted by molar-refractivity contribution is 5.32. The van der Waals surface area contributed by atoms with Gasteiger partial charge in [-0.1, -0.05) is 24.3 Å². The van der Waals surface area contributed by atoms with Gasteiger partial charge in [0, 0.05) is 6.54 Å². The maximum absolute atomic E-state index is 5.97. The van der Waals surface area contributed by atoms with E-state index in [2.05, 4.69) is 43.4 Å². The van der Waals surface area contributed by atoms with Gasteiger partial charge in [-0.15, -0.1) is 0 Å². The molecular weight excluding hydrogens is 198 g/mol. The van der Waals surface area contributed by atoms with Gasteiger partial charge in [-0.3, -0.25) is 0 Å². The largest absolute Gasteiger partial charge is 0.370 e. The number of aryl methyl sites for hydroxylation is 1. The predicted octanol–water partition coefficient (Wildman–Crippen LogP) is 2.47. The number of benzene rings is 1. The van der Waals surface area contributed by atoms with Gasteiger partial charge in [-0.05, 0) is 44.4 Å². The Morgan fingerprint density at radius 3 is 2.88 bits per heavy atom. The summed E-state index contributed by atoms with van der Waals surface area (Å²) < 4.78 is 5.97. The predicted molar refractivity (Wildman–Crippen MR) is 66.6 cm³/mol. The third kappa shape index (κ3) is 2.63. The minimum atomic E-state index is -0.171. The second-order valence-electron chi connectivity index (χ2n) is 4.87. The summed E-state index contributed by atoms with van der Waals surface area (Å²) in [6, 6.07) is 8.65. The van der Waals surface area contributed by atoms with Crippen LogP contribution < -0.4 is 5.32 Å². The molecule has 1 aromatic carbocycles.